The molecule has 1 aliphatic heterocycles. The smallest absolute Gasteiger partial charge is 0.256 e. The van der Waals surface area contributed by atoms with Gasteiger partial charge in [0, 0.05) is 32.2 Å². The van der Waals surface area contributed by atoms with Crippen molar-refractivity contribution in [2.75, 3.05) is 32.8 Å². The first kappa shape index (κ1) is 16.0. The summed E-state index contributed by atoms with van der Waals surface area (Å²) in [6.07, 6.45) is 0.913. The number of thiophene rings is 1. The van der Waals surface area contributed by atoms with Gasteiger partial charge in [0.05, 0.1) is 16.5 Å². The molecule has 7 heteroatoms. The van der Waals surface area contributed by atoms with Crippen molar-refractivity contribution >= 4 is 40.4 Å². The number of piperazine rings is 1. The number of rotatable bonds is 4. The Kier molecular flexibility index (Phi) is 5.69. The van der Waals surface area contributed by atoms with Crippen molar-refractivity contribution in [1.82, 2.24) is 9.80 Å². The number of hydrogen-bond donors (Lipinski definition) is 1. The van der Waals surface area contributed by atoms with Crippen LogP contribution in [0.3, 0.4) is 0 Å². The topological polar surface area (TPSA) is 43.8 Å². The zero-order chi connectivity index (χ0) is 14.7. The van der Waals surface area contributed by atoms with E-state index in [0.29, 0.717) is 27.3 Å². The van der Waals surface area contributed by atoms with Crippen LogP contribution >= 0.6 is 34.5 Å². The maximum absolute atomic E-state index is 12.4. The number of aliphatic hydroxyl groups excluding tert-OH is 1. The van der Waals surface area contributed by atoms with Crippen LogP contribution in [0, 0.1) is 0 Å². The number of amides is 1. The van der Waals surface area contributed by atoms with Crippen molar-refractivity contribution < 1.29 is 9.90 Å². The Labute approximate surface area is 132 Å². The minimum atomic E-state index is -0.0603. The fraction of sp³-hybridized carbons (Fsp3) is 0.615. The lowest BCUT2D eigenvalue weighted by Gasteiger charge is -2.38. The molecule has 4 nitrogen and oxygen atoms in total. The van der Waals surface area contributed by atoms with E-state index >= 15 is 0 Å². The predicted molar refractivity (Wildman–Crippen MR) is 83.0 cm³/mol. The molecule has 112 valence electrons. The first-order valence-electron chi connectivity index (χ1n) is 6.65. The van der Waals surface area contributed by atoms with Crippen LogP contribution in [0.25, 0.3) is 0 Å². The Hall–Kier alpha value is -0.330. The summed E-state index contributed by atoms with van der Waals surface area (Å²) in [6.45, 7) is 5.08. The molecule has 1 aliphatic rings. The average Bonchev–Trinajstić information content (AvgIpc) is 2.79. The first-order chi connectivity index (χ1) is 9.56. The van der Waals surface area contributed by atoms with Gasteiger partial charge in [0.1, 0.15) is 4.34 Å². The zero-order valence-electron chi connectivity index (χ0n) is 11.3. The summed E-state index contributed by atoms with van der Waals surface area (Å²) in [5.74, 6) is -0.0603. The highest BCUT2D eigenvalue weighted by Crippen LogP contribution is 2.32. The lowest BCUT2D eigenvalue weighted by Crippen LogP contribution is -2.52. The molecule has 1 saturated heterocycles. The van der Waals surface area contributed by atoms with Gasteiger partial charge in [-0.3, -0.25) is 9.69 Å². The molecule has 1 aromatic rings. The number of hydrogen-bond acceptors (Lipinski definition) is 4. The fourth-order valence-corrected chi connectivity index (χ4v) is 3.90. The van der Waals surface area contributed by atoms with Gasteiger partial charge in [-0.15, -0.1) is 11.3 Å². The van der Waals surface area contributed by atoms with Gasteiger partial charge in [-0.1, -0.05) is 30.1 Å². The van der Waals surface area contributed by atoms with Crippen LogP contribution in [0.2, 0.25) is 8.67 Å². The second kappa shape index (κ2) is 7.09. The molecule has 2 rings (SSSR count). The SMILES string of the molecule is CCC(CO)N1CCN(C(=O)c2cc(Cl)sc2Cl)CC1. The van der Waals surface area contributed by atoms with Crippen molar-refractivity contribution in [2.45, 2.75) is 19.4 Å². The molecule has 1 amide bonds. The molecule has 0 aromatic carbocycles. The van der Waals surface area contributed by atoms with Crippen LogP contribution in [-0.4, -0.2) is 59.6 Å². The van der Waals surface area contributed by atoms with Crippen LogP contribution in [-0.2, 0) is 0 Å². The third kappa shape index (κ3) is 3.46. The Balaban J connectivity index is 1.97. The zero-order valence-corrected chi connectivity index (χ0v) is 13.6. The second-order valence-electron chi connectivity index (χ2n) is 4.81. The van der Waals surface area contributed by atoms with Crippen LogP contribution in [0.5, 0.6) is 0 Å². The summed E-state index contributed by atoms with van der Waals surface area (Å²) in [5, 5.41) is 9.32. The Morgan fingerprint density at radius 2 is 2.05 bits per heavy atom. The summed E-state index contributed by atoms with van der Waals surface area (Å²) in [4.78, 5) is 16.4. The van der Waals surface area contributed by atoms with E-state index in [4.69, 9.17) is 23.2 Å². The van der Waals surface area contributed by atoms with Crippen LogP contribution in [0.1, 0.15) is 23.7 Å². The molecular formula is C13H18Cl2N2O2S. The molecule has 1 N–H and O–H groups in total. The van der Waals surface area contributed by atoms with E-state index in [1.165, 1.54) is 11.3 Å². The molecule has 2 heterocycles. The van der Waals surface area contributed by atoms with Gasteiger partial charge in [0.25, 0.3) is 5.91 Å². The molecule has 20 heavy (non-hydrogen) atoms. The quantitative estimate of drug-likeness (QED) is 0.918. The molecule has 1 unspecified atom stereocenters. The fourth-order valence-electron chi connectivity index (χ4n) is 2.45. The van der Waals surface area contributed by atoms with E-state index in [1.807, 2.05) is 0 Å². The van der Waals surface area contributed by atoms with E-state index in [-0.39, 0.29) is 18.6 Å². The average molecular weight is 337 g/mol. The standard InChI is InChI=1S/C13H18Cl2N2O2S/c1-2-9(8-18)16-3-5-17(6-4-16)13(19)10-7-11(14)20-12(10)15/h7,9,18H,2-6,8H2,1H3. The largest absolute Gasteiger partial charge is 0.395 e. The van der Waals surface area contributed by atoms with Crippen LogP contribution < -0.4 is 0 Å². The van der Waals surface area contributed by atoms with E-state index in [9.17, 15) is 9.90 Å². The molecule has 1 aromatic heterocycles. The van der Waals surface area contributed by atoms with E-state index in [2.05, 4.69) is 11.8 Å². The summed E-state index contributed by atoms with van der Waals surface area (Å²) < 4.78 is 0.979. The van der Waals surface area contributed by atoms with Crippen LogP contribution in [0.15, 0.2) is 6.07 Å². The summed E-state index contributed by atoms with van der Waals surface area (Å²) in [5.41, 5.74) is 0.490. The maximum Gasteiger partial charge on any atom is 0.256 e. The molecule has 1 fully saturated rings. The van der Waals surface area contributed by atoms with Crippen LogP contribution in [0.4, 0.5) is 0 Å². The molecule has 0 bridgehead atoms. The monoisotopic (exact) mass is 336 g/mol. The van der Waals surface area contributed by atoms with Gasteiger partial charge in [-0.05, 0) is 12.5 Å². The van der Waals surface area contributed by atoms with E-state index in [0.717, 1.165) is 19.5 Å². The highest BCUT2D eigenvalue weighted by atomic mass is 35.5. The van der Waals surface area contributed by atoms with Gasteiger partial charge < -0.3 is 10.0 Å². The molecular weight excluding hydrogens is 319 g/mol. The normalized spacial score (nSPS) is 18.3. The van der Waals surface area contributed by atoms with Crippen molar-refractivity contribution in [1.29, 1.82) is 0 Å². The predicted octanol–water partition coefficient (Wildman–Crippen LogP) is 2.58. The Morgan fingerprint density at radius 3 is 2.50 bits per heavy atom. The minimum Gasteiger partial charge on any atom is -0.395 e. The van der Waals surface area contributed by atoms with E-state index in [1.54, 1.807) is 11.0 Å². The van der Waals surface area contributed by atoms with E-state index < -0.39 is 0 Å². The van der Waals surface area contributed by atoms with Gasteiger partial charge in [0.15, 0.2) is 0 Å². The highest BCUT2D eigenvalue weighted by molar-refractivity contribution is 7.20. The van der Waals surface area contributed by atoms with Crippen molar-refractivity contribution in [3.8, 4) is 0 Å². The third-order valence-electron chi connectivity index (χ3n) is 3.69. The first-order valence-corrected chi connectivity index (χ1v) is 8.23. The Bertz CT molecular complexity index is 469. The lowest BCUT2D eigenvalue weighted by molar-refractivity contribution is 0.0473. The minimum absolute atomic E-state index is 0.0603. The van der Waals surface area contributed by atoms with Crippen molar-refractivity contribution in [3.05, 3.63) is 20.3 Å². The second-order valence-corrected chi connectivity index (χ2v) is 7.10. The number of halogens is 2. The van der Waals surface area contributed by atoms with Gasteiger partial charge in [-0.2, -0.15) is 0 Å². The summed E-state index contributed by atoms with van der Waals surface area (Å²) >= 11 is 13.1. The highest BCUT2D eigenvalue weighted by Gasteiger charge is 2.27. The van der Waals surface area contributed by atoms with Crippen molar-refractivity contribution in [3.63, 3.8) is 0 Å². The molecule has 0 spiro atoms. The summed E-state index contributed by atoms with van der Waals surface area (Å²) in [6, 6.07) is 1.82. The third-order valence-corrected chi connectivity index (χ3v) is 5.17. The van der Waals surface area contributed by atoms with Gasteiger partial charge >= 0.3 is 0 Å². The molecule has 0 radical (unpaired) electrons. The number of aliphatic hydroxyl groups is 1. The summed E-state index contributed by atoms with van der Waals surface area (Å²) in [7, 11) is 0. The number of carbonyl (C=O) groups excluding carboxylic acids is 1. The lowest BCUT2D eigenvalue weighted by atomic mass is 10.1. The number of carbonyl (C=O) groups is 1. The molecule has 0 saturated carbocycles. The molecule has 1 atom stereocenters. The molecule has 0 aliphatic carbocycles. The van der Waals surface area contributed by atoms with Gasteiger partial charge in [0.2, 0.25) is 0 Å². The Morgan fingerprint density at radius 1 is 1.40 bits per heavy atom. The van der Waals surface area contributed by atoms with Crippen molar-refractivity contribution in [2.24, 2.45) is 0 Å². The number of nitrogens with zero attached hydrogens (tertiary/aromatic N) is 2. The maximum atomic E-state index is 12.4. The van der Waals surface area contributed by atoms with Gasteiger partial charge in [-0.25, -0.2) is 0 Å².